The number of carboxylic acids is 1. The van der Waals surface area contributed by atoms with Crippen LogP contribution in [0.3, 0.4) is 0 Å². The van der Waals surface area contributed by atoms with E-state index in [-0.39, 0.29) is 18.1 Å². The van der Waals surface area contributed by atoms with Gasteiger partial charge in [0.1, 0.15) is 11.5 Å². The molecular formula is C14H20NO4PS2. The third-order valence-corrected chi connectivity index (χ3v) is 7.67. The Kier molecular flexibility index (Phi) is 8.10. The van der Waals surface area contributed by atoms with Crippen molar-refractivity contribution >= 4 is 40.5 Å². The lowest BCUT2D eigenvalue weighted by Gasteiger charge is -2.17. The molecule has 0 aliphatic heterocycles. The number of rotatable bonds is 9. The smallest absolute Gasteiger partial charge is 0.326 e. The lowest BCUT2D eigenvalue weighted by atomic mass is 10.1. The van der Waals surface area contributed by atoms with Crippen LogP contribution in [-0.2, 0) is 32.3 Å². The van der Waals surface area contributed by atoms with Gasteiger partial charge in [0.2, 0.25) is 5.91 Å². The van der Waals surface area contributed by atoms with E-state index in [2.05, 4.69) is 5.32 Å². The molecule has 0 bridgehead atoms. The molecule has 1 aromatic carbocycles. The topological polar surface area (TPSA) is 75.6 Å². The Labute approximate surface area is 139 Å². The summed E-state index contributed by atoms with van der Waals surface area (Å²) in [5.41, 5.74) is -1.18. The van der Waals surface area contributed by atoms with E-state index in [1.54, 1.807) is 0 Å². The van der Waals surface area contributed by atoms with Crippen molar-refractivity contribution in [3.05, 3.63) is 35.9 Å². The van der Waals surface area contributed by atoms with Gasteiger partial charge in [0, 0.05) is 13.0 Å². The van der Waals surface area contributed by atoms with E-state index < -0.39 is 17.5 Å². The van der Waals surface area contributed by atoms with Crippen molar-refractivity contribution in [2.75, 3.05) is 19.0 Å². The molecule has 0 heterocycles. The molecule has 1 aromatic rings. The number of carbonyl (C=O) groups excluding carboxylic acids is 1. The van der Waals surface area contributed by atoms with E-state index in [0.717, 1.165) is 5.56 Å². The number of amides is 1. The highest BCUT2D eigenvalue weighted by molar-refractivity contribution is 8.69. The fourth-order valence-corrected chi connectivity index (χ4v) is 5.10. The van der Waals surface area contributed by atoms with Gasteiger partial charge < -0.3 is 14.9 Å². The first-order valence-electron chi connectivity index (χ1n) is 6.76. The minimum atomic E-state index is -2.04. The average Bonchev–Trinajstić information content (AvgIpc) is 2.45. The molecule has 22 heavy (non-hydrogen) atoms. The summed E-state index contributed by atoms with van der Waals surface area (Å²) in [6.07, 6.45) is 0.248. The zero-order valence-corrected chi connectivity index (χ0v) is 15.0. The van der Waals surface area contributed by atoms with E-state index in [4.69, 9.17) is 16.3 Å². The Morgan fingerprint density at radius 2 is 2.05 bits per heavy atom. The van der Waals surface area contributed by atoms with E-state index in [1.807, 2.05) is 43.9 Å². The van der Waals surface area contributed by atoms with Gasteiger partial charge in [0.05, 0.1) is 5.75 Å². The Morgan fingerprint density at radius 3 is 2.59 bits per heavy atom. The number of hydrogen-bond acceptors (Lipinski definition) is 5. The lowest BCUT2D eigenvalue weighted by Crippen LogP contribution is -2.43. The van der Waals surface area contributed by atoms with Gasteiger partial charge in [0.15, 0.2) is 0 Å². The predicted molar refractivity (Wildman–Crippen MR) is 94.0 cm³/mol. The SMILES string of the molecule is CCO[P@](C)(=S)SCC(=O)N[C@H](Cc1ccccc1)C(=O)O. The normalized spacial score (nSPS) is 14.8. The number of aliphatic carboxylic acids is 1. The lowest BCUT2D eigenvalue weighted by molar-refractivity contribution is -0.141. The molecule has 0 aromatic heterocycles. The molecule has 2 N–H and O–H groups in total. The van der Waals surface area contributed by atoms with Gasteiger partial charge in [-0.3, -0.25) is 4.79 Å². The van der Waals surface area contributed by atoms with Crippen LogP contribution in [0.15, 0.2) is 30.3 Å². The second-order valence-electron chi connectivity index (χ2n) is 4.61. The van der Waals surface area contributed by atoms with Crippen LogP contribution in [0.4, 0.5) is 0 Å². The first-order chi connectivity index (χ1) is 10.3. The standard InChI is InChI=1S/C14H20NO4PS2/c1-3-19-20(2,21)22-10-13(16)15-12(14(17)18)9-11-7-5-4-6-8-11/h4-8,12H,3,9-10H2,1-2H3,(H,15,16)(H,17,18)/t12-,20-/m1/s1. The van der Waals surface area contributed by atoms with Crippen LogP contribution < -0.4 is 5.32 Å². The quantitative estimate of drug-likeness (QED) is 0.658. The first-order valence-corrected chi connectivity index (χ1v) is 11.5. The number of hydrogen-bond donors (Lipinski definition) is 2. The van der Waals surface area contributed by atoms with Crippen LogP contribution in [0.1, 0.15) is 12.5 Å². The Balaban J connectivity index is 2.55. The van der Waals surface area contributed by atoms with Gasteiger partial charge in [-0.1, -0.05) is 53.5 Å². The highest BCUT2D eigenvalue weighted by Crippen LogP contribution is 2.56. The molecule has 0 saturated carbocycles. The molecule has 0 saturated heterocycles. The Morgan fingerprint density at radius 1 is 1.41 bits per heavy atom. The van der Waals surface area contributed by atoms with Crippen molar-refractivity contribution in [2.45, 2.75) is 19.4 Å². The average molecular weight is 361 g/mol. The van der Waals surface area contributed by atoms with Crippen molar-refractivity contribution in [2.24, 2.45) is 0 Å². The molecule has 0 fully saturated rings. The minimum absolute atomic E-state index is 0.104. The van der Waals surface area contributed by atoms with Crippen molar-refractivity contribution in [1.29, 1.82) is 0 Å². The van der Waals surface area contributed by atoms with Crippen LogP contribution in [0.2, 0.25) is 0 Å². The maximum absolute atomic E-state index is 11.9. The molecule has 0 unspecified atom stereocenters. The fraction of sp³-hybridized carbons (Fsp3) is 0.429. The summed E-state index contributed by atoms with van der Waals surface area (Å²) in [5.74, 6) is -1.29. The molecule has 1 amide bonds. The van der Waals surface area contributed by atoms with Crippen molar-refractivity contribution in [3.8, 4) is 0 Å². The summed E-state index contributed by atoms with van der Waals surface area (Å²) in [7, 11) is 0. The van der Waals surface area contributed by atoms with Gasteiger partial charge in [-0.15, -0.1) is 0 Å². The first kappa shape index (κ1) is 19.2. The van der Waals surface area contributed by atoms with Crippen molar-refractivity contribution in [1.82, 2.24) is 5.32 Å². The van der Waals surface area contributed by atoms with Crippen LogP contribution in [0, 0.1) is 0 Å². The van der Waals surface area contributed by atoms with E-state index in [9.17, 15) is 14.7 Å². The van der Waals surface area contributed by atoms with Gasteiger partial charge >= 0.3 is 5.97 Å². The summed E-state index contributed by atoms with van der Waals surface area (Å²) in [6.45, 7) is 4.17. The molecule has 5 nitrogen and oxygen atoms in total. The van der Waals surface area contributed by atoms with E-state index >= 15 is 0 Å². The molecule has 8 heteroatoms. The maximum Gasteiger partial charge on any atom is 0.326 e. The molecule has 1 rings (SSSR count). The van der Waals surface area contributed by atoms with Crippen molar-refractivity contribution < 1.29 is 19.2 Å². The van der Waals surface area contributed by atoms with E-state index in [0.29, 0.717) is 6.61 Å². The Hall–Kier alpha value is -0.880. The van der Waals surface area contributed by atoms with E-state index in [1.165, 1.54) is 11.4 Å². The van der Waals surface area contributed by atoms with Gasteiger partial charge in [-0.25, -0.2) is 4.79 Å². The summed E-state index contributed by atoms with van der Waals surface area (Å²) >= 11 is 6.56. The second kappa shape index (κ2) is 9.30. The second-order valence-corrected chi connectivity index (χ2v) is 12.6. The summed E-state index contributed by atoms with van der Waals surface area (Å²) in [5, 5.41) is 11.8. The summed E-state index contributed by atoms with van der Waals surface area (Å²) in [4.78, 5) is 23.2. The molecular weight excluding hydrogens is 341 g/mol. The highest BCUT2D eigenvalue weighted by atomic mass is 32.9. The summed E-state index contributed by atoms with van der Waals surface area (Å²) < 4.78 is 5.42. The van der Waals surface area contributed by atoms with Gasteiger partial charge in [-0.05, 0) is 19.2 Å². The highest BCUT2D eigenvalue weighted by Gasteiger charge is 2.21. The van der Waals surface area contributed by atoms with Crippen LogP contribution in [-0.4, -0.2) is 42.0 Å². The molecule has 0 aliphatic rings. The van der Waals surface area contributed by atoms with Crippen LogP contribution >= 0.6 is 16.8 Å². The van der Waals surface area contributed by atoms with Gasteiger partial charge in [0.25, 0.3) is 0 Å². The number of carbonyl (C=O) groups is 2. The number of carboxylic acid groups (broad SMARTS) is 1. The monoisotopic (exact) mass is 361 g/mol. The maximum atomic E-state index is 11.9. The van der Waals surface area contributed by atoms with Crippen molar-refractivity contribution in [3.63, 3.8) is 0 Å². The number of nitrogens with one attached hydrogen (secondary N) is 1. The zero-order chi connectivity index (χ0) is 16.6. The minimum Gasteiger partial charge on any atom is -0.480 e. The summed E-state index contributed by atoms with van der Waals surface area (Å²) in [6, 6.07) is 8.24. The molecule has 0 aliphatic carbocycles. The molecule has 2 atom stereocenters. The Bertz CT molecular complexity index is 553. The molecule has 0 radical (unpaired) electrons. The molecule has 0 spiro atoms. The predicted octanol–water partition coefficient (Wildman–Crippen LogP) is 2.51. The third-order valence-electron chi connectivity index (χ3n) is 2.71. The third kappa shape index (κ3) is 7.40. The zero-order valence-electron chi connectivity index (χ0n) is 12.5. The number of benzene rings is 1. The van der Waals surface area contributed by atoms with Crippen LogP contribution in [0.25, 0.3) is 0 Å². The van der Waals surface area contributed by atoms with Crippen LogP contribution in [0.5, 0.6) is 0 Å². The fourth-order valence-electron chi connectivity index (χ4n) is 1.73. The largest absolute Gasteiger partial charge is 0.480 e. The van der Waals surface area contributed by atoms with Gasteiger partial charge in [-0.2, -0.15) is 0 Å². The molecule has 122 valence electrons.